The van der Waals surface area contributed by atoms with Crippen LogP contribution in [0.3, 0.4) is 0 Å². The highest BCUT2D eigenvalue weighted by atomic mass is 16.5. The highest BCUT2D eigenvalue weighted by Crippen LogP contribution is 2.17. The molecule has 0 aliphatic rings. The van der Waals surface area contributed by atoms with Gasteiger partial charge < -0.3 is 9.47 Å². The molecule has 0 saturated heterocycles. The predicted octanol–water partition coefficient (Wildman–Crippen LogP) is 4.00. The smallest absolute Gasteiger partial charge is 0.343 e. The van der Waals surface area contributed by atoms with Crippen molar-refractivity contribution in [3.8, 4) is 11.5 Å². The van der Waals surface area contributed by atoms with Crippen LogP contribution in [0, 0.1) is 6.92 Å². The number of hydrogen-bond donors (Lipinski definition) is 0. The van der Waals surface area contributed by atoms with Crippen LogP contribution in [0.1, 0.15) is 29.8 Å². The van der Waals surface area contributed by atoms with Crippen molar-refractivity contribution in [2.45, 2.75) is 26.9 Å². The number of hydrogen-bond acceptors (Lipinski definition) is 3. The van der Waals surface area contributed by atoms with Crippen LogP contribution in [0.25, 0.3) is 0 Å². The molecule has 0 radical (unpaired) electrons. The maximum Gasteiger partial charge on any atom is 0.343 e. The second-order valence-corrected chi connectivity index (χ2v) is 4.90. The van der Waals surface area contributed by atoms with Gasteiger partial charge in [-0.15, -0.1) is 0 Å². The van der Waals surface area contributed by atoms with Crippen LogP contribution in [0.4, 0.5) is 0 Å². The summed E-state index contributed by atoms with van der Waals surface area (Å²) in [7, 11) is 0. The summed E-state index contributed by atoms with van der Waals surface area (Å²) in [5.41, 5.74) is 1.55. The van der Waals surface area contributed by atoms with Gasteiger partial charge in [-0.2, -0.15) is 0 Å². The summed E-state index contributed by atoms with van der Waals surface area (Å²) in [6.07, 6.45) is 0.111. The van der Waals surface area contributed by atoms with E-state index in [1.807, 2.05) is 39.0 Å². The van der Waals surface area contributed by atoms with Crippen LogP contribution in [0.5, 0.6) is 11.5 Å². The molecule has 0 aliphatic carbocycles. The summed E-state index contributed by atoms with van der Waals surface area (Å²) in [5, 5.41) is 0. The first-order valence-electron chi connectivity index (χ1n) is 6.60. The average Bonchev–Trinajstić information content (AvgIpc) is 2.38. The number of carbonyl (C=O) groups excluding carboxylic acids is 1. The Morgan fingerprint density at radius 3 is 2.30 bits per heavy atom. The molecule has 2 aromatic rings. The molecule has 0 atom stereocenters. The Balaban J connectivity index is 2.06. The van der Waals surface area contributed by atoms with Gasteiger partial charge >= 0.3 is 5.97 Å². The van der Waals surface area contributed by atoms with Crippen LogP contribution in [0.2, 0.25) is 0 Å². The molecule has 0 N–H and O–H groups in total. The lowest BCUT2D eigenvalue weighted by molar-refractivity contribution is 0.0734. The number of carbonyl (C=O) groups is 1. The van der Waals surface area contributed by atoms with Crippen molar-refractivity contribution in [3.63, 3.8) is 0 Å². The fourth-order valence-corrected chi connectivity index (χ4v) is 1.79. The summed E-state index contributed by atoms with van der Waals surface area (Å²) < 4.78 is 10.9. The van der Waals surface area contributed by atoms with Crippen molar-refractivity contribution >= 4 is 5.97 Å². The molecule has 3 nitrogen and oxygen atoms in total. The third-order valence-corrected chi connectivity index (χ3v) is 2.66. The second kappa shape index (κ2) is 6.24. The molecule has 0 aliphatic heterocycles. The van der Waals surface area contributed by atoms with Gasteiger partial charge in [0, 0.05) is 0 Å². The zero-order chi connectivity index (χ0) is 14.5. The molecule has 0 fully saturated rings. The third kappa shape index (κ3) is 3.85. The predicted molar refractivity (Wildman–Crippen MR) is 78.3 cm³/mol. The number of rotatable bonds is 4. The number of ether oxygens (including phenoxy) is 2. The van der Waals surface area contributed by atoms with E-state index in [9.17, 15) is 4.79 Å². The van der Waals surface area contributed by atoms with Crippen molar-refractivity contribution in [3.05, 3.63) is 59.7 Å². The monoisotopic (exact) mass is 270 g/mol. The quantitative estimate of drug-likeness (QED) is 0.622. The molecule has 0 spiro atoms. The topological polar surface area (TPSA) is 35.5 Å². The summed E-state index contributed by atoms with van der Waals surface area (Å²) >= 11 is 0. The maximum absolute atomic E-state index is 12.0. The first kappa shape index (κ1) is 14.1. The Morgan fingerprint density at radius 2 is 1.70 bits per heavy atom. The zero-order valence-electron chi connectivity index (χ0n) is 11.9. The lowest BCUT2D eigenvalue weighted by Gasteiger charge is -2.10. The van der Waals surface area contributed by atoms with Gasteiger partial charge in [0.15, 0.2) is 0 Å². The fourth-order valence-electron chi connectivity index (χ4n) is 1.79. The zero-order valence-corrected chi connectivity index (χ0v) is 11.9. The largest absolute Gasteiger partial charge is 0.491 e. The van der Waals surface area contributed by atoms with E-state index in [4.69, 9.17) is 9.47 Å². The molecule has 0 amide bonds. The Morgan fingerprint density at radius 1 is 1.00 bits per heavy atom. The van der Waals surface area contributed by atoms with E-state index in [1.54, 1.807) is 30.3 Å². The van der Waals surface area contributed by atoms with Gasteiger partial charge in [0.25, 0.3) is 0 Å². The minimum Gasteiger partial charge on any atom is -0.491 e. The van der Waals surface area contributed by atoms with Crippen molar-refractivity contribution < 1.29 is 14.3 Å². The van der Waals surface area contributed by atoms with Gasteiger partial charge in [-0.3, -0.25) is 0 Å². The van der Waals surface area contributed by atoms with E-state index >= 15 is 0 Å². The van der Waals surface area contributed by atoms with Crippen LogP contribution < -0.4 is 9.47 Å². The van der Waals surface area contributed by atoms with Gasteiger partial charge in [-0.05, 0) is 62.7 Å². The van der Waals surface area contributed by atoms with Crippen LogP contribution in [-0.4, -0.2) is 12.1 Å². The number of benzene rings is 2. The van der Waals surface area contributed by atoms with Crippen molar-refractivity contribution in [1.29, 1.82) is 0 Å². The second-order valence-electron chi connectivity index (χ2n) is 4.90. The van der Waals surface area contributed by atoms with E-state index in [1.165, 1.54) is 0 Å². The van der Waals surface area contributed by atoms with E-state index in [2.05, 4.69) is 0 Å². The van der Waals surface area contributed by atoms with Gasteiger partial charge in [0.05, 0.1) is 11.7 Å². The minimum atomic E-state index is -0.369. The molecule has 0 saturated carbocycles. The summed E-state index contributed by atoms with van der Waals surface area (Å²) in [4.78, 5) is 12.0. The Hall–Kier alpha value is -2.29. The normalized spacial score (nSPS) is 10.4. The molecule has 20 heavy (non-hydrogen) atoms. The van der Waals surface area contributed by atoms with E-state index in [0.717, 1.165) is 11.3 Å². The molecule has 0 aromatic heterocycles. The van der Waals surface area contributed by atoms with Gasteiger partial charge in [-0.25, -0.2) is 4.79 Å². The molecule has 2 aromatic carbocycles. The lowest BCUT2D eigenvalue weighted by Crippen LogP contribution is -2.09. The van der Waals surface area contributed by atoms with Gasteiger partial charge in [0.1, 0.15) is 11.5 Å². The summed E-state index contributed by atoms with van der Waals surface area (Å²) in [6.45, 7) is 5.87. The highest BCUT2D eigenvalue weighted by Gasteiger charge is 2.09. The standard InChI is InChI=1S/C17H18O3/c1-12(2)19-15-9-7-14(8-10-15)17(18)20-16-6-4-5-13(3)11-16/h4-12H,1-3H3. The number of esters is 1. The Labute approximate surface area is 119 Å². The van der Waals surface area contributed by atoms with Gasteiger partial charge in [0.2, 0.25) is 0 Å². The minimum absolute atomic E-state index is 0.111. The molecule has 3 heteroatoms. The van der Waals surface area contributed by atoms with E-state index in [0.29, 0.717) is 11.3 Å². The van der Waals surface area contributed by atoms with Crippen molar-refractivity contribution in [2.75, 3.05) is 0 Å². The average molecular weight is 270 g/mol. The number of aryl methyl sites for hydroxylation is 1. The van der Waals surface area contributed by atoms with Crippen molar-refractivity contribution in [1.82, 2.24) is 0 Å². The molecule has 0 heterocycles. The first-order chi connectivity index (χ1) is 9.54. The van der Waals surface area contributed by atoms with Crippen molar-refractivity contribution in [2.24, 2.45) is 0 Å². The maximum atomic E-state index is 12.0. The molecule has 2 rings (SSSR count). The summed E-state index contributed by atoms with van der Waals surface area (Å²) in [6, 6.07) is 14.4. The molecular weight excluding hydrogens is 252 g/mol. The SMILES string of the molecule is Cc1cccc(OC(=O)c2ccc(OC(C)C)cc2)c1. The van der Waals surface area contributed by atoms with E-state index < -0.39 is 0 Å². The lowest BCUT2D eigenvalue weighted by atomic mass is 10.2. The van der Waals surface area contributed by atoms with E-state index in [-0.39, 0.29) is 12.1 Å². The Bertz CT molecular complexity index is 585. The summed E-state index contributed by atoms with van der Waals surface area (Å²) in [5.74, 6) is 0.927. The fraction of sp³-hybridized carbons (Fsp3) is 0.235. The highest BCUT2D eigenvalue weighted by molar-refractivity contribution is 5.91. The van der Waals surface area contributed by atoms with Crippen LogP contribution >= 0.6 is 0 Å². The van der Waals surface area contributed by atoms with Crippen LogP contribution in [0.15, 0.2) is 48.5 Å². The van der Waals surface area contributed by atoms with Gasteiger partial charge in [-0.1, -0.05) is 12.1 Å². The molecule has 104 valence electrons. The first-order valence-corrected chi connectivity index (χ1v) is 6.60. The molecule has 0 bridgehead atoms. The Kier molecular flexibility index (Phi) is 4.41. The molecular formula is C17H18O3. The van der Waals surface area contributed by atoms with Crippen LogP contribution in [-0.2, 0) is 0 Å². The molecule has 0 unspecified atom stereocenters. The third-order valence-electron chi connectivity index (χ3n) is 2.66.